The highest BCUT2D eigenvalue weighted by molar-refractivity contribution is 4.73. The summed E-state index contributed by atoms with van der Waals surface area (Å²) in [7, 11) is 0. The van der Waals surface area contributed by atoms with Crippen molar-refractivity contribution in [3.8, 4) is 0 Å². The number of piperidine rings is 1. The lowest BCUT2D eigenvalue weighted by molar-refractivity contribution is 0.219. The van der Waals surface area contributed by atoms with Crippen LogP contribution in [0.3, 0.4) is 0 Å². The molecule has 0 radical (unpaired) electrons. The van der Waals surface area contributed by atoms with Gasteiger partial charge in [0.05, 0.1) is 0 Å². The predicted molar refractivity (Wildman–Crippen MR) is 39.3 cm³/mol. The molecule has 1 aliphatic rings. The van der Waals surface area contributed by atoms with Crippen molar-refractivity contribution in [3.63, 3.8) is 0 Å². The Balaban J connectivity index is 2.23. The van der Waals surface area contributed by atoms with Crippen molar-refractivity contribution in [1.82, 2.24) is 4.90 Å². The Hall–Kier alpha value is -0.0800. The first-order valence-electron chi connectivity index (χ1n) is 3.81. The van der Waals surface area contributed by atoms with E-state index in [-0.39, 0.29) is 0 Å². The van der Waals surface area contributed by atoms with E-state index >= 15 is 0 Å². The summed E-state index contributed by atoms with van der Waals surface area (Å²) in [5.41, 5.74) is 5.76. The normalized spacial score (nSPS) is 30.7. The Morgan fingerprint density at radius 3 is 2.89 bits per heavy atom. The maximum Gasteiger partial charge on any atom is 0.0168 e. The molecule has 0 aromatic heterocycles. The highest BCUT2D eigenvalue weighted by atomic mass is 15.1. The molecule has 0 bridgehead atoms. The van der Waals surface area contributed by atoms with Gasteiger partial charge in [0.25, 0.3) is 0 Å². The fourth-order valence-corrected chi connectivity index (χ4v) is 1.38. The third-order valence-electron chi connectivity index (χ3n) is 1.99. The van der Waals surface area contributed by atoms with Crippen LogP contribution >= 0.6 is 0 Å². The van der Waals surface area contributed by atoms with Gasteiger partial charge in [0.1, 0.15) is 0 Å². The summed E-state index contributed by atoms with van der Waals surface area (Å²) < 4.78 is 0. The van der Waals surface area contributed by atoms with E-state index in [4.69, 9.17) is 5.73 Å². The summed E-state index contributed by atoms with van der Waals surface area (Å²) in [5.74, 6) is 0. The van der Waals surface area contributed by atoms with Gasteiger partial charge in [0.15, 0.2) is 0 Å². The molecule has 0 aliphatic carbocycles. The largest absolute Gasteiger partial charge is 0.327 e. The number of nitrogens with zero attached hydrogens (tertiary/aromatic N) is 1. The highest BCUT2D eigenvalue weighted by Crippen LogP contribution is 2.06. The van der Waals surface area contributed by atoms with Crippen LogP contribution in [0.1, 0.15) is 19.8 Å². The van der Waals surface area contributed by atoms with E-state index in [1.807, 2.05) is 0 Å². The second kappa shape index (κ2) is 3.18. The van der Waals surface area contributed by atoms with E-state index in [1.165, 1.54) is 19.4 Å². The van der Waals surface area contributed by atoms with Gasteiger partial charge in [-0.25, -0.2) is 0 Å². The molecule has 0 aromatic rings. The zero-order valence-electron chi connectivity index (χ0n) is 6.14. The summed E-state index contributed by atoms with van der Waals surface area (Å²) >= 11 is 0. The van der Waals surface area contributed by atoms with Crippen molar-refractivity contribution < 1.29 is 0 Å². The van der Waals surface area contributed by atoms with Gasteiger partial charge >= 0.3 is 0 Å². The average Bonchev–Trinajstić information content (AvgIpc) is 1.88. The van der Waals surface area contributed by atoms with E-state index < -0.39 is 0 Å². The summed E-state index contributed by atoms with van der Waals surface area (Å²) in [6, 6.07) is 0.443. The molecule has 1 saturated heterocycles. The fraction of sp³-hybridized carbons (Fsp3) is 1.00. The van der Waals surface area contributed by atoms with E-state index in [1.54, 1.807) is 0 Å². The lowest BCUT2D eigenvalue weighted by Crippen LogP contribution is -2.42. The summed E-state index contributed by atoms with van der Waals surface area (Å²) in [6.45, 7) is 5.71. The average molecular weight is 128 g/mol. The molecule has 0 spiro atoms. The van der Waals surface area contributed by atoms with Crippen LogP contribution < -0.4 is 5.73 Å². The molecule has 1 atom stereocenters. The number of rotatable bonds is 1. The third kappa shape index (κ3) is 1.95. The molecule has 0 saturated carbocycles. The molecule has 0 aromatic carbocycles. The number of likely N-dealkylation sites (tertiary alicyclic amines) is 1. The smallest absolute Gasteiger partial charge is 0.0168 e. The van der Waals surface area contributed by atoms with Crippen LogP contribution in [-0.2, 0) is 0 Å². The number of nitrogens with two attached hydrogens (primary N) is 1. The van der Waals surface area contributed by atoms with Gasteiger partial charge in [-0.3, -0.25) is 0 Å². The Morgan fingerprint density at radius 1 is 1.67 bits per heavy atom. The monoisotopic (exact) mass is 128 g/mol. The standard InChI is InChI=1S/C7H16N2/c1-2-9-5-3-4-7(8)6-9/h7H,2-6,8H2,1H3/t7-/m1/s1. The van der Waals surface area contributed by atoms with Crippen LogP contribution in [0.25, 0.3) is 0 Å². The van der Waals surface area contributed by atoms with Gasteiger partial charge in [-0.15, -0.1) is 0 Å². The number of hydrogen-bond donors (Lipinski definition) is 1. The zero-order chi connectivity index (χ0) is 6.69. The van der Waals surface area contributed by atoms with E-state index in [9.17, 15) is 0 Å². The molecule has 2 heteroatoms. The minimum Gasteiger partial charge on any atom is -0.327 e. The molecule has 9 heavy (non-hydrogen) atoms. The minimum atomic E-state index is 0.443. The lowest BCUT2D eigenvalue weighted by Gasteiger charge is -2.29. The van der Waals surface area contributed by atoms with Crippen LogP contribution in [0.15, 0.2) is 0 Å². The number of likely N-dealkylation sites (N-methyl/N-ethyl adjacent to an activating group) is 1. The Bertz CT molecular complexity index is 83.0. The lowest BCUT2D eigenvalue weighted by atomic mass is 10.1. The molecular weight excluding hydrogens is 112 g/mol. The van der Waals surface area contributed by atoms with E-state index in [0.717, 1.165) is 13.1 Å². The van der Waals surface area contributed by atoms with Gasteiger partial charge in [-0.05, 0) is 25.9 Å². The molecule has 2 N–H and O–H groups in total. The van der Waals surface area contributed by atoms with Crippen LogP contribution in [0.2, 0.25) is 0 Å². The van der Waals surface area contributed by atoms with Crippen LogP contribution in [0.4, 0.5) is 0 Å². The van der Waals surface area contributed by atoms with Gasteiger partial charge in [-0.1, -0.05) is 6.92 Å². The fourth-order valence-electron chi connectivity index (χ4n) is 1.38. The van der Waals surface area contributed by atoms with Crippen LogP contribution in [-0.4, -0.2) is 30.6 Å². The Kier molecular flexibility index (Phi) is 2.49. The highest BCUT2D eigenvalue weighted by Gasteiger charge is 2.13. The van der Waals surface area contributed by atoms with Crippen molar-refractivity contribution in [2.45, 2.75) is 25.8 Å². The van der Waals surface area contributed by atoms with Gasteiger partial charge < -0.3 is 10.6 Å². The SMILES string of the molecule is CCN1CCC[C@@H](N)C1. The first kappa shape index (κ1) is 7.03. The van der Waals surface area contributed by atoms with Crippen LogP contribution in [0.5, 0.6) is 0 Å². The summed E-state index contributed by atoms with van der Waals surface area (Å²) in [5, 5.41) is 0. The minimum absolute atomic E-state index is 0.443. The van der Waals surface area contributed by atoms with Crippen molar-refractivity contribution in [2.24, 2.45) is 5.73 Å². The number of hydrogen-bond acceptors (Lipinski definition) is 2. The first-order valence-corrected chi connectivity index (χ1v) is 3.81. The second-order valence-corrected chi connectivity index (χ2v) is 2.80. The van der Waals surface area contributed by atoms with Crippen molar-refractivity contribution >= 4 is 0 Å². The topological polar surface area (TPSA) is 29.3 Å². The molecule has 2 nitrogen and oxygen atoms in total. The van der Waals surface area contributed by atoms with Gasteiger partial charge in [0, 0.05) is 12.6 Å². The maximum atomic E-state index is 5.76. The quantitative estimate of drug-likeness (QED) is 0.555. The summed E-state index contributed by atoms with van der Waals surface area (Å²) in [4.78, 5) is 2.41. The molecule has 1 fully saturated rings. The van der Waals surface area contributed by atoms with Crippen molar-refractivity contribution in [3.05, 3.63) is 0 Å². The van der Waals surface area contributed by atoms with E-state index in [0.29, 0.717) is 6.04 Å². The predicted octanol–water partition coefficient (Wildman–Crippen LogP) is 0.429. The Labute approximate surface area is 57.0 Å². The molecule has 1 rings (SSSR count). The van der Waals surface area contributed by atoms with Crippen molar-refractivity contribution in [2.75, 3.05) is 19.6 Å². The van der Waals surface area contributed by atoms with Crippen molar-refractivity contribution in [1.29, 1.82) is 0 Å². The zero-order valence-corrected chi connectivity index (χ0v) is 6.14. The third-order valence-corrected chi connectivity index (χ3v) is 1.99. The maximum absolute atomic E-state index is 5.76. The molecule has 1 heterocycles. The van der Waals surface area contributed by atoms with E-state index in [2.05, 4.69) is 11.8 Å². The second-order valence-electron chi connectivity index (χ2n) is 2.80. The molecule has 54 valence electrons. The molecule has 0 amide bonds. The molecule has 1 aliphatic heterocycles. The Morgan fingerprint density at radius 2 is 2.44 bits per heavy atom. The van der Waals surface area contributed by atoms with Crippen LogP contribution in [0, 0.1) is 0 Å². The first-order chi connectivity index (χ1) is 4.33. The molecule has 0 unspecified atom stereocenters. The molecular formula is C7H16N2. The summed E-state index contributed by atoms with van der Waals surface area (Å²) in [6.07, 6.45) is 2.51. The van der Waals surface area contributed by atoms with Gasteiger partial charge in [0.2, 0.25) is 0 Å². The van der Waals surface area contributed by atoms with Gasteiger partial charge in [-0.2, -0.15) is 0 Å².